The number of H-pyrrole nitrogens is 1. The molecule has 1 spiro atoms. The summed E-state index contributed by atoms with van der Waals surface area (Å²) in [6.07, 6.45) is 1.74. The lowest BCUT2D eigenvalue weighted by Gasteiger charge is -2.45. The number of para-hydroxylation sites is 1. The number of aromatic nitrogens is 1. The summed E-state index contributed by atoms with van der Waals surface area (Å²) in [6.45, 7) is 4.98. The van der Waals surface area contributed by atoms with E-state index in [1.165, 1.54) is 5.56 Å². The summed E-state index contributed by atoms with van der Waals surface area (Å²) >= 11 is 0. The van der Waals surface area contributed by atoms with E-state index in [-0.39, 0.29) is 6.03 Å². The molecule has 0 aliphatic carbocycles. The van der Waals surface area contributed by atoms with Crippen molar-refractivity contribution >= 4 is 22.9 Å². The third-order valence-corrected chi connectivity index (χ3v) is 7.68. The quantitative estimate of drug-likeness (QED) is 0.431. The molecule has 1 saturated heterocycles. The number of carbonyl (C=O) groups is 2. The lowest BCUT2D eigenvalue weighted by atomic mass is 9.84. The second-order valence-electron chi connectivity index (χ2n) is 9.76. The van der Waals surface area contributed by atoms with Crippen LogP contribution in [0.25, 0.3) is 10.9 Å². The maximum absolute atomic E-state index is 13.5. The number of amides is 2. The summed E-state index contributed by atoms with van der Waals surface area (Å²) in [7, 11) is 1.66. The van der Waals surface area contributed by atoms with E-state index in [0.717, 1.165) is 47.6 Å². The first-order chi connectivity index (χ1) is 17.9. The molecule has 3 N–H and O–H groups in total. The Morgan fingerprint density at radius 3 is 2.70 bits per heavy atom. The van der Waals surface area contributed by atoms with Gasteiger partial charge in [-0.15, -0.1) is 0 Å². The molecule has 0 radical (unpaired) electrons. The summed E-state index contributed by atoms with van der Waals surface area (Å²) in [5.41, 5.74) is 2.65. The molecule has 3 aromatic rings. The number of urea groups is 1. The van der Waals surface area contributed by atoms with Gasteiger partial charge in [0.25, 0.3) is 0 Å². The van der Waals surface area contributed by atoms with Gasteiger partial charge in [-0.25, -0.2) is 9.59 Å². The molecule has 2 aliphatic heterocycles. The molecule has 2 aliphatic rings. The molecule has 2 aromatic carbocycles. The number of benzene rings is 2. The minimum atomic E-state index is -1.02. The molecule has 0 saturated carbocycles. The Balaban J connectivity index is 1.44. The first-order valence-electron chi connectivity index (χ1n) is 12.9. The number of methoxy groups -OCH3 is 1. The van der Waals surface area contributed by atoms with Gasteiger partial charge in [-0.2, -0.15) is 0 Å². The van der Waals surface area contributed by atoms with Gasteiger partial charge in [0.15, 0.2) is 0 Å². The van der Waals surface area contributed by atoms with Crippen LogP contribution in [0.15, 0.2) is 48.5 Å². The van der Waals surface area contributed by atoms with Crippen LogP contribution in [0.4, 0.5) is 4.79 Å². The molecular formula is C28H34N4O5. The number of nitrogens with zero attached hydrogens (tertiary/aromatic N) is 2. The number of carbonyl (C=O) groups excluding carboxylic acids is 1. The van der Waals surface area contributed by atoms with Crippen molar-refractivity contribution in [3.8, 4) is 11.5 Å². The Bertz CT molecular complexity index is 1280. The van der Waals surface area contributed by atoms with E-state index in [2.05, 4.69) is 15.2 Å². The van der Waals surface area contributed by atoms with E-state index in [4.69, 9.17) is 9.47 Å². The van der Waals surface area contributed by atoms with E-state index >= 15 is 0 Å². The summed E-state index contributed by atoms with van der Waals surface area (Å²) in [4.78, 5) is 33.0. The number of hydrogen-bond acceptors (Lipinski definition) is 5. The van der Waals surface area contributed by atoms with Gasteiger partial charge in [-0.05, 0) is 55.2 Å². The minimum Gasteiger partial charge on any atom is -0.497 e. The fourth-order valence-corrected chi connectivity index (χ4v) is 5.74. The van der Waals surface area contributed by atoms with Gasteiger partial charge in [0.05, 0.1) is 12.6 Å². The number of rotatable bonds is 8. The number of carboxylic acid groups (broad SMARTS) is 1. The average Bonchev–Trinajstić information content (AvgIpc) is 3.50. The third-order valence-electron chi connectivity index (χ3n) is 7.68. The molecule has 2 unspecified atom stereocenters. The van der Waals surface area contributed by atoms with Crippen LogP contribution in [0.2, 0.25) is 0 Å². The van der Waals surface area contributed by atoms with Gasteiger partial charge in [0, 0.05) is 42.8 Å². The molecule has 2 amide bonds. The molecule has 196 valence electrons. The smallest absolute Gasteiger partial charge is 0.326 e. The highest BCUT2D eigenvalue weighted by molar-refractivity contribution is 5.88. The summed E-state index contributed by atoms with van der Waals surface area (Å²) in [5.74, 6) is 0.606. The number of nitrogens with one attached hydrogen (secondary N) is 2. The predicted octanol–water partition coefficient (Wildman–Crippen LogP) is 3.59. The van der Waals surface area contributed by atoms with Crippen molar-refractivity contribution in [1.82, 2.24) is 20.1 Å². The zero-order chi connectivity index (χ0) is 26.0. The SMILES string of the molecule is CCC(NC(=O)N1CCc2c([nH]c3ccc(OC)cc23)C12CCN(CCOc1ccccc1)C2)C(=O)O. The average molecular weight is 507 g/mol. The van der Waals surface area contributed by atoms with Crippen LogP contribution >= 0.6 is 0 Å². The first kappa shape index (κ1) is 25.0. The van der Waals surface area contributed by atoms with E-state index in [1.807, 2.05) is 53.4 Å². The molecule has 37 heavy (non-hydrogen) atoms. The van der Waals surface area contributed by atoms with Crippen LogP contribution in [-0.4, -0.2) is 77.8 Å². The standard InChI is InChI=1S/C28H34N4O5/c1-3-23(26(33)34)30-27(35)32-13-11-21-22-17-20(36-2)9-10-24(22)29-25(21)28(32)12-14-31(18-28)15-16-37-19-7-5-4-6-8-19/h4-10,17,23,29H,3,11-16,18H2,1-2H3,(H,30,35)(H,33,34). The van der Waals surface area contributed by atoms with E-state index in [1.54, 1.807) is 14.0 Å². The zero-order valence-electron chi connectivity index (χ0n) is 21.3. The van der Waals surface area contributed by atoms with Crippen molar-refractivity contribution in [2.24, 2.45) is 0 Å². The molecule has 2 atom stereocenters. The number of fused-ring (bicyclic) bond motifs is 4. The van der Waals surface area contributed by atoms with Crippen LogP contribution in [-0.2, 0) is 16.8 Å². The van der Waals surface area contributed by atoms with Crippen molar-refractivity contribution in [1.29, 1.82) is 0 Å². The molecule has 1 aromatic heterocycles. The highest BCUT2D eigenvalue weighted by Gasteiger charge is 2.51. The summed E-state index contributed by atoms with van der Waals surface area (Å²) in [6, 6.07) is 14.5. The van der Waals surface area contributed by atoms with Crippen LogP contribution in [0.1, 0.15) is 31.0 Å². The lowest BCUT2D eigenvalue weighted by molar-refractivity contribution is -0.139. The number of carboxylic acids is 1. The Kier molecular flexibility index (Phi) is 6.97. The molecule has 1 fully saturated rings. The Morgan fingerprint density at radius 2 is 1.97 bits per heavy atom. The van der Waals surface area contributed by atoms with Crippen molar-refractivity contribution in [2.75, 3.05) is 39.9 Å². The molecular weight excluding hydrogens is 472 g/mol. The normalized spacial score (nSPS) is 20.1. The second kappa shape index (κ2) is 10.3. The zero-order valence-corrected chi connectivity index (χ0v) is 21.3. The van der Waals surface area contributed by atoms with Gasteiger partial charge < -0.3 is 29.8 Å². The lowest BCUT2D eigenvalue weighted by Crippen LogP contribution is -2.59. The van der Waals surface area contributed by atoms with Crippen LogP contribution in [0.5, 0.6) is 11.5 Å². The Morgan fingerprint density at radius 1 is 1.16 bits per heavy atom. The van der Waals surface area contributed by atoms with Crippen molar-refractivity contribution in [3.05, 3.63) is 59.8 Å². The largest absolute Gasteiger partial charge is 0.497 e. The highest BCUT2D eigenvalue weighted by atomic mass is 16.5. The summed E-state index contributed by atoms with van der Waals surface area (Å²) in [5, 5.41) is 13.4. The number of hydrogen-bond donors (Lipinski definition) is 3. The number of aromatic amines is 1. The molecule has 5 rings (SSSR count). The maximum Gasteiger partial charge on any atom is 0.326 e. The van der Waals surface area contributed by atoms with Gasteiger partial charge in [-0.1, -0.05) is 25.1 Å². The fraction of sp³-hybridized carbons (Fsp3) is 0.429. The van der Waals surface area contributed by atoms with Gasteiger partial charge >= 0.3 is 12.0 Å². The van der Waals surface area contributed by atoms with Crippen LogP contribution in [0, 0.1) is 0 Å². The van der Waals surface area contributed by atoms with E-state index < -0.39 is 17.6 Å². The molecule has 3 heterocycles. The third kappa shape index (κ3) is 4.71. The van der Waals surface area contributed by atoms with Gasteiger partial charge in [-0.3, -0.25) is 4.90 Å². The van der Waals surface area contributed by atoms with Crippen LogP contribution < -0.4 is 14.8 Å². The van der Waals surface area contributed by atoms with Crippen molar-refractivity contribution in [3.63, 3.8) is 0 Å². The minimum absolute atomic E-state index is 0.322. The van der Waals surface area contributed by atoms with Crippen molar-refractivity contribution in [2.45, 2.75) is 37.8 Å². The maximum atomic E-state index is 13.5. The second-order valence-corrected chi connectivity index (χ2v) is 9.76. The molecule has 9 heteroatoms. The van der Waals surface area contributed by atoms with Gasteiger partial charge in [0.1, 0.15) is 24.1 Å². The number of aliphatic carboxylic acids is 1. The Labute approximate surface area is 216 Å². The number of ether oxygens (including phenoxy) is 2. The van der Waals surface area contributed by atoms with Gasteiger partial charge in [0.2, 0.25) is 0 Å². The van der Waals surface area contributed by atoms with Crippen LogP contribution in [0.3, 0.4) is 0 Å². The first-order valence-corrected chi connectivity index (χ1v) is 12.9. The topological polar surface area (TPSA) is 107 Å². The van der Waals surface area contributed by atoms with E-state index in [9.17, 15) is 14.7 Å². The highest BCUT2D eigenvalue weighted by Crippen LogP contribution is 2.45. The van der Waals surface area contributed by atoms with Crippen molar-refractivity contribution < 1.29 is 24.2 Å². The monoisotopic (exact) mass is 506 g/mol. The van der Waals surface area contributed by atoms with E-state index in [0.29, 0.717) is 32.5 Å². The molecule has 0 bridgehead atoms. The predicted molar refractivity (Wildman–Crippen MR) is 140 cm³/mol. The summed E-state index contributed by atoms with van der Waals surface area (Å²) < 4.78 is 11.4. The molecule has 9 nitrogen and oxygen atoms in total. The number of likely N-dealkylation sites (tertiary alicyclic amines) is 1. The Hall–Kier alpha value is -3.72. The fourth-order valence-electron chi connectivity index (χ4n) is 5.74.